The summed E-state index contributed by atoms with van der Waals surface area (Å²) in [5.41, 5.74) is 2.86. The van der Waals surface area contributed by atoms with Crippen LogP contribution < -0.4 is 0 Å². The van der Waals surface area contributed by atoms with E-state index in [4.69, 9.17) is 0 Å². The van der Waals surface area contributed by atoms with E-state index in [1.165, 1.54) is 62.9 Å². The van der Waals surface area contributed by atoms with Crippen molar-refractivity contribution in [3.63, 3.8) is 0 Å². The van der Waals surface area contributed by atoms with Crippen molar-refractivity contribution >= 4 is 0 Å². The predicted octanol–water partition coefficient (Wildman–Crippen LogP) is 4.61. The lowest BCUT2D eigenvalue weighted by atomic mass is 9.89. The van der Waals surface area contributed by atoms with Crippen molar-refractivity contribution in [1.29, 1.82) is 0 Å². The van der Waals surface area contributed by atoms with E-state index in [-0.39, 0.29) is 0 Å². The van der Waals surface area contributed by atoms with Crippen LogP contribution in [0.3, 0.4) is 0 Å². The molecule has 0 radical (unpaired) electrons. The number of fused-ring (bicyclic) bond motifs is 3. The van der Waals surface area contributed by atoms with Gasteiger partial charge in [-0.15, -0.1) is 0 Å². The fourth-order valence-electron chi connectivity index (χ4n) is 3.49. The number of benzene rings is 1. The molecular weight excluding hydrogens is 254 g/mol. The summed E-state index contributed by atoms with van der Waals surface area (Å²) in [5.74, 6) is 1.11. The van der Waals surface area contributed by atoms with Crippen LogP contribution in [-0.2, 0) is 6.42 Å². The lowest BCUT2D eigenvalue weighted by molar-refractivity contribution is 0.111. The molecule has 2 bridgehead atoms. The quantitative estimate of drug-likeness (QED) is 0.765. The Morgan fingerprint density at radius 2 is 1.62 bits per heavy atom. The Bertz CT molecular complexity index is 455. The second-order valence-electron chi connectivity index (χ2n) is 6.49. The number of hydrogen-bond acceptors (Lipinski definition) is 1. The maximum atomic E-state index is 2.58. The van der Waals surface area contributed by atoms with Crippen LogP contribution in [0, 0.1) is 5.92 Å². The van der Waals surface area contributed by atoms with E-state index in [9.17, 15) is 0 Å². The molecule has 0 atom stereocenters. The van der Waals surface area contributed by atoms with Crippen molar-refractivity contribution in [2.75, 3.05) is 19.6 Å². The van der Waals surface area contributed by atoms with Gasteiger partial charge in [-0.05, 0) is 75.2 Å². The molecule has 21 heavy (non-hydrogen) atoms. The Labute approximate surface area is 129 Å². The summed E-state index contributed by atoms with van der Waals surface area (Å²) >= 11 is 0. The van der Waals surface area contributed by atoms with Gasteiger partial charge in [0.2, 0.25) is 0 Å². The summed E-state index contributed by atoms with van der Waals surface area (Å²) in [7, 11) is 0. The lowest BCUT2D eigenvalue weighted by Gasteiger charge is -2.38. The highest BCUT2D eigenvalue weighted by Gasteiger charge is 2.24. The Balaban J connectivity index is 0.000000140. The molecule has 0 unspecified atom stereocenters. The van der Waals surface area contributed by atoms with E-state index in [0.717, 1.165) is 12.3 Å². The highest BCUT2D eigenvalue weighted by molar-refractivity contribution is 5.29. The van der Waals surface area contributed by atoms with Gasteiger partial charge in [-0.25, -0.2) is 0 Å². The minimum absolute atomic E-state index is 1.08. The summed E-state index contributed by atoms with van der Waals surface area (Å²) in [6.45, 7) is 4.18. The molecule has 1 heteroatoms. The van der Waals surface area contributed by atoms with Crippen molar-refractivity contribution in [1.82, 2.24) is 4.90 Å². The highest BCUT2D eigenvalue weighted by Crippen LogP contribution is 2.26. The summed E-state index contributed by atoms with van der Waals surface area (Å²) in [4.78, 5) is 2.58. The topological polar surface area (TPSA) is 3.24 Å². The average Bonchev–Trinajstić information content (AvgIpc) is 2.59. The molecule has 5 rings (SSSR count). The van der Waals surface area contributed by atoms with Crippen LogP contribution in [0.25, 0.3) is 0 Å². The van der Waals surface area contributed by atoms with Crippen LogP contribution in [0.1, 0.15) is 37.7 Å². The van der Waals surface area contributed by atoms with Crippen molar-refractivity contribution in [2.24, 2.45) is 5.92 Å². The zero-order chi connectivity index (χ0) is 14.3. The van der Waals surface area contributed by atoms with Gasteiger partial charge in [0.15, 0.2) is 0 Å². The first-order valence-corrected chi connectivity index (χ1v) is 8.52. The number of allylic oxidation sites excluding steroid dienone is 4. The zero-order valence-corrected chi connectivity index (χ0v) is 13.0. The van der Waals surface area contributed by atoms with Crippen molar-refractivity contribution in [3.05, 3.63) is 59.7 Å². The third kappa shape index (κ3) is 4.57. The third-order valence-corrected chi connectivity index (χ3v) is 4.88. The van der Waals surface area contributed by atoms with Crippen molar-refractivity contribution in [3.8, 4) is 0 Å². The normalized spacial score (nSPS) is 26.8. The molecule has 3 saturated heterocycles. The number of nitrogens with zero attached hydrogens (tertiary/aromatic N) is 1. The summed E-state index contributed by atoms with van der Waals surface area (Å²) in [5, 5.41) is 0. The molecule has 112 valence electrons. The molecule has 0 amide bonds. The molecule has 1 aromatic carbocycles. The Morgan fingerprint density at radius 1 is 0.905 bits per heavy atom. The number of hydrogen-bond donors (Lipinski definition) is 0. The van der Waals surface area contributed by atoms with Crippen LogP contribution >= 0.6 is 0 Å². The van der Waals surface area contributed by atoms with Crippen molar-refractivity contribution < 1.29 is 0 Å². The summed E-state index contributed by atoms with van der Waals surface area (Å²) in [6.07, 6.45) is 14.8. The van der Waals surface area contributed by atoms with Gasteiger partial charge in [-0.2, -0.15) is 0 Å². The van der Waals surface area contributed by atoms with Crippen LogP contribution in [0.2, 0.25) is 0 Å². The van der Waals surface area contributed by atoms with E-state index in [2.05, 4.69) is 53.5 Å². The van der Waals surface area contributed by atoms with Crippen LogP contribution in [0.4, 0.5) is 0 Å². The van der Waals surface area contributed by atoms with Crippen LogP contribution in [0.5, 0.6) is 0 Å². The van der Waals surface area contributed by atoms with E-state index in [0.29, 0.717) is 0 Å². The predicted molar refractivity (Wildman–Crippen MR) is 90.4 cm³/mol. The smallest absolute Gasteiger partial charge is 0.00161 e. The van der Waals surface area contributed by atoms with Gasteiger partial charge in [0.05, 0.1) is 0 Å². The molecule has 1 aliphatic carbocycles. The first kappa shape index (κ1) is 14.6. The summed E-state index contributed by atoms with van der Waals surface area (Å²) < 4.78 is 0. The molecule has 0 saturated carbocycles. The standard InChI is InChI=1S/C13H14.C7H13N/c1-3-7-12(8-4-1)11-13-9-5-2-6-10-13;1-4-8-5-2-7(1)3-6-8/h1,3-5,7-10H,2,6,11H2;7H,1-6H2. The highest BCUT2D eigenvalue weighted by atomic mass is 15.1. The minimum Gasteiger partial charge on any atom is -0.303 e. The minimum atomic E-state index is 1.08. The zero-order valence-electron chi connectivity index (χ0n) is 13.0. The fraction of sp³-hybridized carbons (Fsp3) is 0.500. The first-order chi connectivity index (χ1) is 10.4. The van der Waals surface area contributed by atoms with Gasteiger partial charge in [-0.1, -0.05) is 48.6 Å². The number of rotatable bonds is 2. The van der Waals surface area contributed by atoms with E-state index in [1.807, 2.05) is 0 Å². The van der Waals surface area contributed by atoms with E-state index in [1.54, 1.807) is 0 Å². The fourth-order valence-corrected chi connectivity index (χ4v) is 3.49. The monoisotopic (exact) mass is 281 g/mol. The number of piperidine rings is 3. The summed E-state index contributed by atoms with van der Waals surface area (Å²) in [6, 6.07) is 10.6. The van der Waals surface area contributed by atoms with E-state index >= 15 is 0 Å². The molecule has 3 heterocycles. The molecular formula is C20H27N. The molecule has 1 aromatic rings. The average molecular weight is 281 g/mol. The second kappa shape index (κ2) is 7.61. The largest absolute Gasteiger partial charge is 0.303 e. The van der Waals surface area contributed by atoms with Crippen LogP contribution in [0.15, 0.2) is 54.1 Å². The van der Waals surface area contributed by atoms with Gasteiger partial charge in [0.1, 0.15) is 0 Å². The molecule has 4 aliphatic rings. The third-order valence-electron chi connectivity index (χ3n) is 4.88. The SMILES string of the molecule is C1=CC(Cc2ccccc2)=CCC1.C1CN2CCC1CC2. The molecule has 0 N–H and O–H groups in total. The molecule has 3 aliphatic heterocycles. The Hall–Kier alpha value is -1.34. The Kier molecular flexibility index (Phi) is 5.29. The van der Waals surface area contributed by atoms with Crippen LogP contribution in [-0.4, -0.2) is 24.5 Å². The second-order valence-corrected chi connectivity index (χ2v) is 6.49. The van der Waals surface area contributed by atoms with Gasteiger partial charge >= 0.3 is 0 Å². The van der Waals surface area contributed by atoms with Gasteiger partial charge in [0.25, 0.3) is 0 Å². The van der Waals surface area contributed by atoms with Gasteiger partial charge < -0.3 is 4.90 Å². The lowest BCUT2D eigenvalue weighted by Crippen LogP contribution is -2.41. The molecule has 0 aromatic heterocycles. The van der Waals surface area contributed by atoms with E-state index < -0.39 is 0 Å². The Morgan fingerprint density at radius 3 is 2.10 bits per heavy atom. The van der Waals surface area contributed by atoms with Gasteiger partial charge in [0, 0.05) is 0 Å². The van der Waals surface area contributed by atoms with Gasteiger partial charge in [-0.3, -0.25) is 0 Å². The maximum Gasteiger partial charge on any atom is -0.00161 e. The first-order valence-electron chi connectivity index (χ1n) is 8.52. The molecule has 1 nitrogen and oxygen atoms in total. The molecule has 0 spiro atoms. The van der Waals surface area contributed by atoms with Crippen molar-refractivity contribution in [2.45, 2.75) is 38.5 Å². The molecule has 3 fully saturated rings. The maximum absolute atomic E-state index is 2.58.